The van der Waals surface area contributed by atoms with Gasteiger partial charge in [-0.15, -0.1) is 0 Å². The van der Waals surface area contributed by atoms with Gasteiger partial charge >= 0.3 is 212 Å². The first kappa shape index (κ1) is 68.8. The normalized spacial score (nSPS) is 50.4. The molecule has 6 aliphatic heterocycles. The van der Waals surface area contributed by atoms with Crippen LogP contribution in [0.4, 0.5) is 0 Å². The van der Waals surface area contributed by atoms with E-state index in [1.807, 2.05) is 39.3 Å². The summed E-state index contributed by atoms with van der Waals surface area (Å²) in [5, 5.41) is 0. The van der Waals surface area contributed by atoms with Crippen molar-refractivity contribution in [2.24, 2.45) is 0 Å². The Balaban J connectivity index is 0. The van der Waals surface area contributed by atoms with E-state index >= 15 is 0 Å². The molecule has 0 aromatic carbocycles. The van der Waals surface area contributed by atoms with Gasteiger partial charge in [-0.05, 0) is 58.9 Å². The Kier molecular flexibility index (Phi) is 22.2. The van der Waals surface area contributed by atoms with E-state index in [4.69, 9.17) is 86.4 Å². The molecule has 67 heavy (non-hydrogen) atoms. The van der Waals surface area contributed by atoms with Crippen molar-refractivity contribution >= 4 is 148 Å². The second-order valence-electron chi connectivity index (χ2n) is 20.7. The minimum absolute atomic E-state index is 0. The minimum atomic E-state index is -3.88. The second kappa shape index (κ2) is 21.7. The minimum Gasteiger partial charge on any atom is -1.00 e. The molecule has 6 saturated heterocycles. The molecule has 0 aromatic rings. The molecule has 6 fully saturated rings. The molecule has 6 rings (SSSR count). The number of rotatable bonds is 6. The summed E-state index contributed by atoms with van der Waals surface area (Å²) in [6, 6.07) is 0. The summed E-state index contributed by atoms with van der Waals surface area (Å²) in [7, 11) is -57.6. The van der Waals surface area contributed by atoms with E-state index in [1.165, 1.54) is 39.3 Å². The van der Waals surface area contributed by atoms with Crippen molar-refractivity contribution in [1.29, 1.82) is 0 Å². The third-order valence-electron chi connectivity index (χ3n) is 8.17. The van der Waals surface area contributed by atoms with Crippen molar-refractivity contribution < 1.29 is 194 Å². The van der Waals surface area contributed by atoms with Gasteiger partial charge in [0.2, 0.25) is 0 Å². The Morgan fingerprint density at radius 2 is 0.373 bits per heavy atom. The molecule has 0 aromatic heterocycles. The Bertz CT molecular complexity index is 1550. The Hall–Kier alpha value is 5.73. The zero-order chi connectivity index (χ0) is 49.3. The smallest absolute Gasteiger partial charge is 1.00 e. The van der Waals surface area contributed by atoms with Crippen LogP contribution in [-0.2, 0) is 86.4 Å². The monoisotopic (exact) mass is 1280 g/mol. The molecule has 382 valence electrons. The van der Waals surface area contributed by atoms with Crippen molar-refractivity contribution in [1.82, 2.24) is 0 Å². The van der Waals surface area contributed by atoms with Crippen LogP contribution in [0.1, 0.15) is 4.28 Å². The van der Waals surface area contributed by atoms with E-state index in [9.17, 15) is 14.4 Å². The average Bonchev–Trinajstić information content (AvgIpc) is 2.79. The van der Waals surface area contributed by atoms with Crippen LogP contribution in [0.2, 0.25) is 151 Å². The van der Waals surface area contributed by atoms with Gasteiger partial charge in [0.05, 0.1) is 0 Å². The molecule has 0 aliphatic carbocycles. The Morgan fingerprint density at radius 1 is 0.254 bits per heavy atom. The fraction of sp³-hybridized carbons (Fsp3) is 1.00. The summed E-state index contributed by atoms with van der Waals surface area (Å²) in [4.78, 5) is 32.0. The Morgan fingerprint density at radius 3 is 0.507 bits per heavy atom. The maximum Gasteiger partial charge on any atom is 1.00 e. The zero-order valence-corrected chi connectivity index (χ0v) is 67.4. The van der Waals surface area contributed by atoms with Gasteiger partial charge in [-0.25, -0.2) is 0 Å². The first-order chi connectivity index (χ1) is 27.8. The molecule has 0 saturated carbocycles. The van der Waals surface area contributed by atoms with E-state index in [-0.39, 0.29) is 93.0 Å². The first-order valence-corrected chi connectivity index (χ1v) is 62.2. The molecule has 0 amide bonds. The van der Waals surface area contributed by atoms with E-state index < -0.39 is 148 Å². The third-order valence-corrected chi connectivity index (χ3v) is 73.6. The largest absolute Gasteiger partial charge is 1.00 e. The number of fused-ring (bicyclic) bond motifs is 6. The summed E-state index contributed by atoms with van der Waals surface area (Å²) >= 11 is 0. The predicted octanol–water partition coefficient (Wildman–Crippen LogP) is -4.80. The van der Waals surface area contributed by atoms with Gasteiger partial charge in [-0.2, -0.15) is 0 Å². The molecule has 0 spiro atoms. The molecule has 3 N–H and O–H groups in total. The van der Waals surface area contributed by atoms with Crippen LogP contribution in [0.25, 0.3) is 0 Å². The number of hydrogen-bond acceptors (Lipinski definition) is 24. The van der Waals surface area contributed by atoms with Crippen LogP contribution >= 0.6 is 0 Å². The van der Waals surface area contributed by atoms with Crippen molar-refractivity contribution in [2.75, 3.05) is 0 Å². The van der Waals surface area contributed by atoms with Crippen molar-refractivity contribution in [3.8, 4) is 0 Å². The van der Waals surface area contributed by atoms with E-state index in [1.54, 1.807) is 13.1 Å². The standard InChI is InChI=1S/C16H48O12Si10.C7H24O12Si7.3Na.3H/c1-29(2,3)17-32(10)20-35(13)22-33(11,18-30(4,5)6)24-37(15)25-34(12,19-31(7,8)9)23-36(14,21-32)27-38(16,26-35)28-37;1-20(8)11-23(4)13-21(2,9)15-25(6)16-22(3,10)14-24(5,12-20)18-26(7,17-23)19-25;;;;;;/h1-16H3;8-10H,1-7H3;;;;;;/q;;3*+1;3*-1. The van der Waals surface area contributed by atoms with Gasteiger partial charge in [-0.3, -0.25) is 0 Å². The van der Waals surface area contributed by atoms with E-state index in [0.29, 0.717) is 0 Å². The Labute approximate surface area is 486 Å². The molecule has 44 heteroatoms. The van der Waals surface area contributed by atoms with Gasteiger partial charge in [0.15, 0.2) is 25.0 Å². The fourth-order valence-electron chi connectivity index (χ4n) is 8.52. The third kappa shape index (κ3) is 20.1. The summed E-state index contributed by atoms with van der Waals surface area (Å²) in [6.07, 6.45) is 0. The van der Waals surface area contributed by atoms with Crippen LogP contribution in [0.3, 0.4) is 0 Å². The van der Waals surface area contributed by atoms with Crippen LogP contribution in [0.5, 0.6) is 0 Å². The van der Waals surface area contributed by atoms with Crippen LogP contribution in [0.15, 0.2) is 0 Å². The van der Waals surface area contributed by atoms with Gasteiger partial charge in [-0.1, -0.05) is 0 Å². The van der Waals surface area contributed by atoms with Crippen LogP contribution < -0.4 is 88.7 Å². The van der Waals surface area contributed by atoms with Gasteiger partial charge in [0.1, 0.15) is 0 Å². The quantitative estimate of drug-likeness (QED) is 0.211. The van der Waals surface area contributed by atoms with E-state index in [2.05, 4.69) is 58.9 Å². The summed E-state index contributed by atoms with van der Waals surface area (Å²) in [5.74, 6) is 0. The molecule has 0 radical (unpaired) electrons. The topological polar surface area (TPSA) is 255 Å². The van der Waals surface area contributed by atoms with Gasteiger partial charge in [0, 0.05) is 91.7 Å². The summed E-state index contributed by atoms with van der Waals surface area (Å²) in [5.41, 5.74) is 0. The molecule has 0 unspecified atom stereocenters. The number of hydrogen-bond donors (Lipinski definition) is 3. The van der Waals surface area contributed by atoms with Crippen LogP contribution in [0, 0.1) is 0 Å². The molecule has 24 nitrogen and oxygen atoms in total. The van der Waals surface area contributed by atoms with Crippen molar-refractivity contribution in [3.05, 3.63) is 0 Å². The molecular formula is C23H75Na3O24Si17. The van der Waals surface area contributed by atoms with E-state index in [0.717, 1.165) is 0 Å². The summed E-state index contributed by atoms with van der Waals surface area (Å²) in [6.45, 7) is 41.6. The molecule has 6 aliphatic rings. The maximum absolute atomic E-state index is 10.7. The average molecular weight is 1280 g/mol. The fourth-order valence-corrected chi connectivity index (χ4v) is 90.2. The first-order valence-electron chi connectivity index (χ1n) is 20.7. The van der Waals surface area contributed by atoms with Crippen LogP contribution in [-0.4, -0.2) is 163 Å². The maximum atomic E-state index is 10.7. The van der Waals surface area contributed by atoms with Gasteiger partial charge < -0.3 is 105 Å². The molecule has 6 heterocycles. The van der Waals surface area contributed by atoms with Crippen molar-refractivity contribution in [3.63, 3.8) is 0 Å². The van der Waals surface area contributed by atoms with Crippen molar-refractivity contribution in [2.45, 2.75) is 151 Å². The summed E-state index contributed by atoms with van der Waals surface area (Å²) < 4.78 is 133. The molecular weight excluding hydrogens is 1210 g/mol. The predicted molar refractivity (Wildman–Crippen MR) is 265 cm³/mol. The SMILES string of the molecule is C[Si](C)(C)O[Si]1(C)O[Si]2(C)O[Si](C)(O[Si](C)(C)C)O[Si]3(C)O[Si](C)(O[Si](C)(C)C)O[Si](C)(O1)O[Si](C)(O2)O3.C[Si]1(O)O[Si]2(C)O[Si](C)(O)O[Si]3(C)O[Si](C)(O)O[Si](C)(O1)O[Si](C)(O2)O3.[H-].[H-].[H-].[Na+].[Na+].[Na+]. The molecule has 0 atom stereocenters. The second-order valence-corrected chi connectivity index (χ2v) is 74.8. The molecule has 8 bridgehead atoms. The zero-order valence-electron chi connectivity index (χ0n) is 47.4. The van der Waals surface area contributed by atoms with Gasteiger partial charge in [0.25, 0.3) is 0 Å².